The first kappa shape index (κ1) is 20.8. The van der Waals surface area contributed by atoms with Crippen molar-refractivity contribution in [1.82, 2.24) is 19.4 Å². The number of likely N-dealkylation sites (tertiary alicyclic amines) is 1. The van der Waals surface area contributed by atoms with Crippen LogP contribution in [0.1, 0.15) is 40.0 Å². The van der Waals surface area contributed by atoms with Gasteiger partial charge in [0.1, 0.15) is 5.60 Å². The van der Waals surface area contributed by atoms with Crippen LogP contribution in [0.4, 0.5) is 10.7 Å². The number of ether oxygens (including phenoxy) is 1. The van der Waals surface area contributed by atoms with Crippen LogP contribution in [-0.4, -0.2) is 50.3 Å². The summed E-state index contributed by atoms with van der Waals surface area (Å²) < 4.78 is 7.04. The zero-order chi connectivity index (χ0) is 21.0. The molecule has 8 heteroatoms. The molecule has 0 aromatic carbocycles. The SMILES string of the molecule is Cn1c(NCC2CCCCN2C(=O)OC(C)(C)C)nc(-c2ccncc2)cc1=O. The third kappa shape index (κ3) is 5.34. The molecule has 8 nitrogen and oxygen atoms in total. The van der Waals surface area contributed by atoms with Crippen LogP contribution < -0.4 is 10.9 Å². The molecule has 0 bridgehead atoms. The third-order valence-electron chi connectivity index (χ3n) is 4.86. The number of rotatable bonds is 4. The largest absolute Gasteiger partial charge is 0.444 e. The summed E-state index contributed by atoms with van der Waals surface area (Å²) in [7, 11) is 1.68. The molecule has 156 valence electrons. The lowest BCUT2D eigenvalue weighted by Gasteiger charge is -2.37. The summed E-state index contributed by atoms with van der Waals surface area (Å²) in [6, 6.07) is 5.13. The topological polar surface area (TPSA) is 89.3 Å². The Balaban J connectivity index is 1.76. The van der Waals surface area contributed by atoms with E-state index in [1.54, 1.807) is 24.3 Å². The minimum atomic E-state index is -0.531. The van der Waals surface area contributed by atoms with E-state index >= 15 is 0 Å². The number of carbonyl (C=O) groups is 1. The highest BCUT2D eigenvalue weighted by atomic mass is 16.6. The van der Waals surface area contributed by atoms with Crippen molar-refractivity contribution in [3.63, 3.8) is 0 Å². The Morgan fingerprint density at radius 3 is 2.69 bits per heavy atom. The number of hydrogen-bond donors (Lipinski definition) is 1. The Kier molecular flexibility index (Phi) is 6.20. The molecule has 0 saturated carbocycles. The van der Waals surface area contributed by atoms with Gasteiger partial charge < -0.3 is 15.0 Å². The maximum atomic E-state index is 12.6. The van der Waals surface area contributed by atoms with Gasteiger partial charge in [-0.1, -0.05) is 0 Å². The summed E-state index contributed by atoms with van der Waals surface area (Å²) in [5.74, 6) is 0.471. The number of anilines is 1. The van der Waals surface area contributed by atoms with Crippen molar-refractivity contribution in [2.45, 2.75) is 51.7 Å². The van der Waals surface area contributed by atoms with Crippen LogP contribution >= 0.6 is 0 Å². The number of amides is 1. The van der Waals surface area contributed by atoms with Crippen molar-refractivity contribution in [1.29, 1.82) is 0 Å². The summed E-state index contributed by atoms with van der Waals surface area (Å²) in [5.41, 5.74) is 0.734. The Morgan fingerprint density at radius 2 is 2.00 bits per heavy atom. The lowest BCUT2D eigenvalue weighted by atomic mass is 10.0. The number of aromatic nitrogens is 3. The van der Waals surface area contributed by atoms with Gasteiger partial charge in [-0.2, -0.15) is 0 Å². The number of nitrogens with zero attached hydrogens (tertiary/aromatic N) is 4. The van der Waals surface area contributed by atoms with Gasteiger partial charge in [0.25, 0.3) is 5.56 Å². The van der Waals surface area contributed by atoms with E-state index in [1.165, 1.54) is 10.6 Å². The van der Waals surface area contributed by atoms with Crippen LogP contribution in [0.15, 0.2) is 35.4 Å². The van der Waals surface area contributed by atoms with Crippen molar-refractivity contribution in [3.05, 3.63) is 40.9 Å². The van der Waals surface area contributed by atoms with Crippen LogP contribution in [0.5, 0.6) is 0 Å². The van der Waals surface area contributed by atoms with E-state index in [1.807, 2.05) is 32.9 Å². The second-order valence-corrected chi connectivity index (χ2v) is 8.30. The second kappa shape index (κ2) is 8.63. The Hall–Kier alpha value is -2.90. The van der Waals surface area contributed by atoms with Crippen molar-refractivity contribution in [3.8, 4) is 11.3 Å². The number of nitrogens with one attached hydrogen (secondary N) is 1. The highest BCUT2D eigenvalue weighted by Gasteiger charge is 2.30. The molecule has 1 fully saturated rings. The molecule has 3 rings (SSSR count). The molecule has 0 aliphatic carbocycles. The standard InChI is InChI=1S/C21H29N5O3/c1-21(2,3)29-20(28)26-12-6-5-7-16(26)14-23-19-24-17(13-18(27)25(19)4)15-8-10-22-11-9-15/h8-11,13,16H,5-7,12,14H2,1-4H3,(H,23,24). The summed E-state index contributed by atoms with van der Waals surface area (Å²) in [6.07, 6.45) is 5.94. The molecule has 29 heavy (non-hydrogen) atoms. The molecular weight excluding hydrogens is 370 g/mol. The molecule has 1 aliphatic rings. The van der Waals surface area contributed by atoms with Gasteiger partial charge in [0.2, 0.25) is 5.95 Å². The van der Waals surface area contributed by atoms with Gasteiger partial charge in [0, 0.05) is 44.2 Å². The zero-order valence-electron chi connectivity index (χ0n) is 17.5. The van der Waals surface area contributed by atoms with E-state index < -0.39 is 5.60 Å². The molecule has 2 aromatic rings. The molecule has 1 N–H and O–H groups in total. The highest BCUT2D eigenvalue weighted by molar-refractivity contribution is 5.68. The molecule has 0 radical (unpaired) electrons. The molecule has 1 aliphatic heterocycles. The maximum Gasteiger partial charge on any atom is 0.410 e. The van der Waals surface area contributed by atoms with Crippen LogP contribution in [0.25, 0.3) is 11.3 Å². The molecule has 1 amide bonds. The normalized spacial score (nSPS) is 17.1. The second-order valence-electron chi connectivity index (χ2n) is 8.30. The summed E-state index contributed by atoms with van der Waals surface area (Å²) in [5, 5.41) is 3.27. The van der Waals surface area contributed by atoms with E-state index in [-0.39, 0.29) is 17.7 Å². The van der Waals surface area contributed by atoms with Crippen LogP contribution in [0.3, 0.4) is 0 Å². The van der Waals surface area contributed by atoms with Crippen molar-refractivity contribution >= 4 is 12.0 Å². The van der Waals surface area contributed by atoms with Crippen molar-refractivity contribution < 1.29 is 9.53 Å². The van der Waals surface area contributed by atoms with Crippen LogP contribution in [0.2, 0.25) is 0 Å². The highest BCUT2D eigenvalue weighted by Crippen LogP contribution is 2.21. The minimum absolute atomic E-state index is 0.0138. The number of pyridine rings is 1. The van der Waals surface area contributed by atoms with E-state index in [2.05, 4.69) is 15.3 Å². The maximum absolute atomic E-state index is 12.6. The Bertz CT molecular complexity index is 905. The first-order valence-electron chi connectivity index (χ1n) is 9.96. The smallest absolute Gasteiger partial charge is 0.410 e. The van der Waals surface area contributed by atoms with Gasteiger partial charge >= 0.3 is 6.09 Å². The summed E-state index contributed by atoms with van der Waals surface area (Å²) >= 11 is 0. The number of hydrogen-bond acceptors (Lipinski definition) is 6. The molecule has 3 heterocycles. The van der Waals surface area contributed by atoms with Gasteiger partial charge in [-0.25, -0.2) is 9.78 Å². The van der Waals surface area contributed by atoms with E-state index in [4.69, 9.17) is 4.74 Å². The van der Waals surface area contributed by atoms with Crippen molar-refractivity contribution in [2.75, 3.05) is 18.4 Å². The molecule has 1 saturated heterocycles. The van der Waals surface area contributed by atoms with Gasteiger partial charge in [-0.05, 0) is 52.2 Å². The molecule has 2 aromatic heterocycles. The number of carbonyl (C=O) groups excluding carboxylic acids is 1. The van der Waals surface area contributed by atoms with Crippen molar-refractivity contribution in [2.24, 2.45) is 7.05 Å². The summed E-state index contributed by atoms with van der Waals surface area (Å²) in [6.45, 7) is 6.77. The molecular formula is C21H29N5O3. The Morgan fingerprint density at radius 1 is 1.28 bits per heavy atom. The average Bonchev–Trinajstić information content (AvgIpc) is 2.68. The molecule has 1 atom stereocenters. The lowest BCUT2D eigenvalue weighted by Crippen LogP contribution is -2.49. The molecule has 0 spiro atoms. The zero-order valence-corrected chi connectivity index (χ0v) is 17.5. The average molecular weight is 399 g/mol. The quantitative estimate of drug-likeness (QED) is 0.850. The molecule has 1 unspecified atom stereocenters. The van der Waals surface area contributed by atoms with Gasteiger partial charge in [-0.3, -0.25) is 14.3 Å². The predicted octanol–water partition coefficient (Wildman–Crippen LogP) is 3.04. The van der Waals surface area contributed by atoms with E-state index in [0.29, 0.717) is 24.7 Å². The monoisotopic (exact) mass is 399 g/mol. The summed E-state index contributed by atoms with van der Waals surface area (Å²) in [4.78, 5) is 35.4. The van der Waals surface area contributed by atoms with E-state index in [0.717, 1.165) is 24.8 Å². The predicted molar refractivity (Wildman–Crippen MR) is 112 cm³/mol. The Labute approximate surface area is 170 Å². The van der Waals surface area contributed by atoms with E-state index in [9.17, 15) is 9.59 Å². The minimum Gasteiger partial charge on any atom is -0.444 e. The lowest BCUT2D eigenvalue weighted by molar-refractivity contribution is 0.0114. The van der Waals surface area contributed by atoms with Gasteiger partial charge in [0.05, 0.1) is 11.7 Å². The van der Waals surface area contributed by atoms with Gasteiger partial charge in [0.15, 0.2) is 0 Å². The van der Waals surface area contributed by atoms with Gasteiger partial charge in [-0.15, -0.1) is 0 Å². The van der Waals surface area contributed by atoms with Crippen LogP contribution in [0, 0.1) is 0 Å². The first-order chi connectivity index (χ1) is 13.7. The fourth-order valence-corrected chi connectivity index (χ4v) is 3.35. The fraction of sp³-hybridized carbons (Fsp3) is 0.524. The number of piperidine rings is 1. The first-order valence-corrected chi connectivity index (χ1v) is 9.96. The fourth-order valence-electron chi connectivity index (χ4n) is 3.35. The third-order valence-corrected chi connectivity index (χ3v) is 4.86. The van der Waals surface area contributed by atoms with Crippen LogP contribution in [-0.2, 0) is 11.8 Å².